The summed E-state index contributed by atoms with van der Waals surface area (Å²) in [6.45, 7) is 4.13. The number of hydrogen-bond donors (Lipinski definition) is 0. The lowest BCUT2D eigenvalue weighted by Crippen LogP contribution is -2.02. The van der Waals surface area contributed by atoms with Gasteiger partial charge in [0.2, 0.25) is 5.16 Å². The number of thioether (sulfide) groups is 1. The average Bonchev–Trinajstić information content (AvgIpc) is 3.32. The highest BCUT2D eigenvalue weighted by atomic mass is 32.2. The Hall–Kier alpha value is -2.93. The zero-order chi connectivity index (χ0) is 17.9. The molecule has 130 valence electrons. The van der Waals surface area contributed by atoms with Crippen molar-refractivity contribution in [2.75, 3.05) is 0 Å². The molecule has 6 nitrogen and oxygen atoms in total. The second-order valence-electron chi connectivity index (χ2n) is 6.08. The number of aromatic nitrogens is 6. The van der Waals surface area contributed by atoms with Crippen molar-refractivity contribution >= 4 is 11.8 Å². The molecule has 0 N–H and O–H groups in total. The summed E-state index contributed by atoms with van der Waals surface area (Å²) < 4.78 is 3.68. The van der Waals surface area contributed by atoms with Crippen molar-refractivity contribution in [2.24, 2.45) is 0 Å². The van der Waals surface area contributed by atoms with Crippen LogP contribution in [0, 0.1) is 13.8 Å². The predicted molar refractivity (Wildman–Crippen MR) is 102 cm³/mol. The Bertz CT molecular complexity index is 1020. The maximum Gasteiger partial charge on any atom is 0.214 e. The van der Waals surface area contributed by atoms with E-state index in [0.717, 1.165) is 33.4 Å². The van der Waals surface area contributed by atoms with Gasteiger partial charge in [-0.25, -0.2) is 4.68 Å². The Kier molecular flexibility index (Phi) is 4.53. The first-order valence-electron chi connectivity index (χ1n) is 8.28. The van der Waals surface area contributed by atoms with E-state index in [1.165, 1.54) is 5.56 Å². The fraction of sp³-hybridized carbons (Fsp3) is 0.158. The number of benzene rings is 2. The maximum atomic E-state index is 4.44. The third-order valence-electron chi connectivity index (χ3n) is 4.06. The minimum Gasteiger partial charge on any atom is -0.241 e. The third kappa shape index (κ3) is 3.39. The molecule has 7 heteroatoms. The third-order valence-corrected chi connectivity index (χ3v) is 5.05. The van der Waals surface area contributed by atoms with Crippen molar-refractivity contribution in [3.63, 3.8) is 0 Å². The Morgan fingerprint density at radius 3 is 2.73 bits per heavy atom. The molecule has 2 aromatic heterocycles. The molecule has 0 spiro atoms. The summed E-state index contributed by atoms with van der Waals surface area (Å²) in [7, 11) is 0. The molecule has 0 aliphatic heterocycles. The van der Waals surface area contributed by atoms with E-state index in [1.807, 2.05) is 47.4 Å². The molecule has 0 fully saturated rings. The first-order valence-corrected chi connectivity index (χ1v) is 9.27. The SMILES string of the molecule is Cc1ccc(C)c(-n2nnnc2SCc2cnn(-c3ccccc3)c2)c1. The number of rotatable bonds is 5. The van der Waals surface area contributed by atoms with Crippen LogP contribution in [0.1, 0.15) is 16.7 Å². The first-order chi connectivity index (χ1) is 12.7. The molecule has 0 aliphatic rings. The topological polar surface area (TPSA) is 61.4 Å². The molecule has 4 rings (SSSR count). The van der Waals surface area contributed by atoms with Gasteiger partial charge in [0.25, 0.3) is 0 Å². The number of tetrazole rings is 1. The van der Waals surface area contributed by atoms with Crippen molar-refractivity contribution in [3.8, 4) is 11.4 Å². The standard InChI is InChI=1S/C19H18N6S/c1-14-8-9-15(2)18(10-14)25-19(21-22-23-25)26-13-16-11-20-24(12-16)17-6-4-3-5-7-17/h3-12H,13H2,1-2H3. The van der Waals surface area contributed by atoms with Crippen LogP contribution in [0.5, 0.6) is 0 Å². The van der Waals surface area contributed by atoms with Gasteiger partial charge in [-0.05, 0) is 53.6 Å². The van der Waals surface area contributed by atoms with Gasteiger partial charge in [-0.15, -0.1) is 5.10 Å². The lowest BCUT2D eigenvalue weighted by molar-refractivity contribution is 0.751. The van der Waals surface area contributed by atoms with E-state index in [1.54, 1.807) is 16.4 Å². The molecule has 0 atom stereocenters. The number of nitrogens with zero attached hydrogens (tertiary/aromatic N) is 6. The van der Waals surface area contributed by atoms with Crippen molar-refractivity contribution in [3.05, 3.63) is 77.6 Å². The summed E-state index contributed by atoms with van der Waals surface area (Å²) in [4.78, 5) is 0. The van der Waals surface area contributed by atoms with Crippen LogP contribution in [-0.4, -0.2) is 30.0 Å². The summed E-state index contributed by atoms with van der Waals surface area (Å²) >= 11 is 1.60. The summed E-state index contributed by atoms with van der Waals surface area (Å²) in [5.41, 5.74) is 5.50. The van der Waals surface area contributed by atoms with Crippen molar-refractivity contribution in [1.29, 1.82) is 0 Å². The second-order valence-corrected chi connectivity index (χ2v) is 7.02. The number of aryl methyl sites for hydroxylation is 2. The molecule has 0 unspecified atom stereocenters. The first kappa shape index (κ1) is 16.5. The van der Waals surface area contributed by atoms with Crippen LogP contribution < -0.4 is 0 Å². The quantitative estimate of drug-likeness (QED) is 0.506. The van der Waals surface area contributed by atoms with Crippen LogP contribution in [0.4, 0.5) is 0 Å². The van der Waals surface area contributed by atoms with E-state index < -0.39 is 0 Å². The van der Waals surface area contributed by atoms with Crippen LogP contribution in [0.3, 0.4) is 0 Å². The van der Waals surface area contributed by atoms with Gasteiger partial charge in [-0.1, -0.05) is 42.1 Å². The number of hydrogen-bond acceptors (Lipinski definition) is 5. The Morgan fingerprint density at radius 1 is 1.04 bits per heavy atom. The number of para-hydroxylation sites is 1. The Labute approximate surface area is 155 Å². The van der Waals surface area contributed by atoms with Crippen molar-refractivity contribution in [2.45, 2.75) is 24.8 Å². The highest BCUT2D eigenvalue weighted by Crippen LogP contribution is 2.24. The van der Waals surface area contributed by atoms with E-state index in [-0.39, 0.29) is 0 Å². The van der Waals surface area contributed by atoms with Gasteiger partial charge in [-0.3, -0.25) is 0 Å². The Morgan fingerprint density at radius 2 is 1.88 bits per heavy atom. The molecule has 26 heavy (non-hydrogen) atoms. The van der Waals surface area contributed by atoms with Crippen LogP contribution >= 0.6 is 11.8 Å². The van der Waals surface area contributed by atoms with Gasteiger partial charge < -0.3 is 0 Å². The van der Waals surface area contributed by atoms with E-state index in [4.69, 9.17) is 0 Å². The molecule has 0 saturated heterocycles. The van der Waals surface area contributed by atoms with Gasteiger partial charge in [0, 0.05) is 17.5 Å². The molecule has 0 amide bonds. The molecule has 0 bridgehead atoms. The molecule has 2 aromatic carbocycles. The molecule has 4 aromatic rings. The minimum atomic E-state index is 0.748. The fourth-order valence-corrected chi connectivity index (χ4v) is 3.47. The highest BCUT2D eigenvalue weighted by molar-refractivity contribution is 7.98. The normalized spacial score (nSPS) is 11.0. The van der Waals surface area contributed by atoms with E-state index in [2.05, 4.69) is 52.7 Å². The highest BCUT2D eigenvalue weighted by Gasteiger charge is 2.12. The summed E-state index contributed by atoms with van der Waals surface area (Å²) in [6.07, 6.45) is 3.92. The molecule has 2 heterocycles. The molecular formula is C19H18N6S. The van der Waals surface area contributed by atoms with E-state index >= 15 is 0 Å². The summed E-state index contributed by atoms with van der Waals surface area (Å²) in [6, 6.07) is 16.3. The van der Waals surface area contributed by atoms with Crippen molar-refractivity contribution < 1.29 is 0 Å². The van der Waals surface area contributed by atoms with Gasteiger partial charge in [0.1, 0.15) is 0 Å². The van der Waals surface area contributed by atoms with Gasteiger partial charge in [0.15, 0.2) is 0 Å². The zero-order valence-electron chi connectivity index (χ0n) is 14.6. The average molecular weight is 362 g/mol. The van der Waals surface area contributed by atoms with Crippen LogP contribution in [0.25, 0.3) is 11.4 Å². The van der Waals surface area contributed by atoms with Gasteiger partial charge >= 0.3 is 0 Å². The summed E-state index contributed by atoms with van der Waals surface area (Å²) in [5.74, 6) is 0.748. The smallest absolute Gasteiger partial charge is 0.214 e. The van der Waals surface area contributed by atoms with Gasteiger partial charge in [-0.2, -0.15) is 9.78 Å². The lowest BCUT2D eigenvalue weighted by Gasteiger charge is -2.08. The van der Waals surface area contributed by atoms with Crippen molar-refractivity contribution in [1.82, 2.24) is 30.0 Å². The van der Waals surface area contributed by atoms with Crippen LogP contribution in [0.15, 0.2) is 66.1 Å². The molecule has 0 aliphatic carbocycles. The monoisotopic (exact) mass is 362 g/mol. The molecule has 0 saturated carbocycles. The van der Waals surface area contributed by atoms with Gasteiger partial charge in [0.05, 0.1) is 17.6 Å². The summed E-state index contributed by atoms with van der Waals surface area (Å²) in [5, 5.41) is 17.4. The predicted octanol–water partition coefficient (Wildman–Crippen LogP) is 3.76. The molecule has 0 radical (unpaired) electrons. The zero-order valence-corrected chi connectivity index (χ0v) is 15.4. The maximum absolute atomic E-state index is 4.44. The lowest BCUT2D eigenvalue weighted by atomic mass is 10.1. The van der Waals surface area contributed by atoms with E-state index in [9.17, 15) is 0 Å². The fourth-order valence-electron chi connectivity index (χ4n) is 2.67. The second kappa shape index (κ2) is 7.13. The van der Waals surface area contributed by atoms with Crippen LogP contribution in [0.2, 0.25) is 0 Å². The van der Waals surface area contributed by atoms with Crippen LogP contribution in [-0.2, 0) is 5.75 Å². The largest absolute Gasteiger partial charge is 0.241 e. The van der Waals surface area contributed by atoms with E-state index in [0.29, 0.717) is 0 Å². The minimum absolute atomic E-state index is 0.748. The molecular weight excluding hydrogens is 344 g/mol. The Balaban J connectivity index is 1.52.